The zero-order valence-electron chi connectivity index (χ0n) is 19.7. The van der Waals surface area contributed by atoms with E-state index in [1.807, 2.05) is 18.2 Å². The van der Waals surface area contributed by atoms with Crippen LogP contribution in [0.3, 0.4) is 0 Å². The first kappa shape index (κ1) is 22.0. The maximum Gasteiger partial charge on any atom is 0.223 e. The van der Waals surface area contributed by atoms with Crippen LogP contribution >= 0.6 is 0 Å². The molecular weight excluding hydrogens is 408 g/mol. The van der Waals surface area contributed by atoms with Gasteiger partial charge >= 0.3 is 0 Å². The summed E-state index contributed by atoms with van der Waals surface area (Å²) in [5.74, 6) is 2.10. The van der Waals surface area contributed by atoms with E-state index in [1.165, 1.54) is 37.6 Å². The number of anilines is 1. The summed E-state index contributed by atoms with van der Waals surface area (Å²) in [6, 6.07) is 18.8. The van der Waals surface area contributed by atoms with Gasteiger partial charge in [0.05, 0.1) is 17.1 Å². The number of carbonyl (C=O) groups is 1. The van der Waals surface area contributed by atoms with Gasteiger partial charge in [-0.2, -0.15) is 0 Å². The van der Waals surface area contributed by atoms with Gasteiger partial charge in [0.25, 0.3) is 0 Å². The maximum atomic E-state index is 12.9. The van der Waals surface area contributed by atoms with Crippen LogP contribution in [0, 0.1) is 11.8 Å². The number of aromatic nitrogens is 2. The van der Waals surface area contributed by atoms with Crippen LogP contribution in [-0.4, -0.2) is 28.5 Å². The highest BCUT2D eigenvalue weighted by Crippen LogP contribution is 2.31. The molecule has 0 bridgehead atoms. The molecule has 5 rings (SSSR count). The number of rotatable bonds is 6. The van der Waals surface area contributed by atoms with Crippen molar-refractivity contribution in [3.63, 3.8) is 0 Å². The molecule has 174 valence electrons. The third-order valence-electron chi connectivity index (χ3n) is 7.61. The minimum Gasteiger partial charge on any atom is -0.349 e. The van der Waals surface area contributed by atoms with Crippen molar-refractivity contribution in [2.45, 2.75) is 64.5 Å². The summed E-state index contributed by atoms with van der Waals surface area (Å²) in [6.45, 7) is 4.89. The number of benzene rings is 2. The minimum absolute atomic E-state index is 0.0384. The third kappa shape index (κ3) is 4.92. The number of nitrogens with zero attached hydrogens (tertiary/aromatic N) is 3. The Morgan fingerprint density at radius 2 is 1.67 bits per heavy atom. The van der Waals surface area contributed by atoms with Gasteiger partial charge in [-0.1, -0.05) is 61.7 Å². The van der Waals surface area contributed by atoms with Crippen molar-refractivity contribution in [3.8, 4) is 0 Å². The Labute approximate surface area is 197 Å². The highest BCUT2D eigenvalue weighted by molar-refractivity contribution is 5.80. The van der Waals surface area contributed by atoms with Gasteiger partial charge in [-0.05, 0) is 56.2 Å². The second kappa shape index (κ2) is 9.98. The molecule has 2 aliphatic rings. The molecule has 33 heavy (non-hydrogen) atoms. The first-order chi connectivity index (χ1) is 16.2. The zero-order valence-corrected chi connectivity index (χ0v) is 19.7. The third-order valence-corrected chi connectivity index (χ3v) is 7.61. The molecule has 1 aliphatic carbocycles. The lowest BCUT2D eigenvalue weighted by Crippen LogP contribution is -2.42. The molecule has 1 amide bonds. The standard InChI is InChI=1S/C28H36N4O/c1-21(23-12-6-3-7-13-23)29-27(33)24-16-18-31(19-17-24)28-30-25-14-8-9-15-26(25)32(28)20-22-10-4-2-5-11-22/h3,6-9,12-15,21-22,24H,2,4-5,10-11,16-20H2,1H3,(H,29,33)/t21-/m0/s1. The number of amides is 1. The monoisotopic (exact) mass is 444 g/mol. The average Bonchev–Trinajstić information content (AvgIpc) is 3.23. The number of fused-ring (bicyclic) bond motifs is 1. The van der Waals surface area contributed by atoms with E-state index in [-0.39, 0.29) is 17.9 Å². The lowest BCUT2D eigenvalue weighted by atomic mass is 9.89. The summed E-state index contributed by atoms with van der Waals surface area (Å²) >= 11 is 0. The van der Waals surface area contributed by atoms with E-state index in [9.17, 15) is 4.79 Å². The predicted molar refractivity (Wildman–Crippen MR) is 134 cm³/mol. The van der Waals surface area contributed by atoms with Crippen LogP contribution in [0.4, 0.5) is 5.95 Å². The van der Waals surface area contributed by atoms with Crippen molar-refractivity contribution < 1.29 is 4.79 Å². The van der Waals surface area contributed by atoms with Gasteiger partial charge < -0.3 is 14.8 Å². The normalized spacial score (nSPS) is 19.0. The summed E-state index contributed by atoms with van der Waals surface area (Å²) < 4.78 is 2.46. The molecule has 2 fully saturated rings. The van der Waals surface area contributed by atoms with Crippen molar-refractivity contribution >= 4 is 22.9 Å². The van der Waals surface area contributed by atoms with Crippen LogP contribution in [0.25, 0.3) is 11.0 Å². The highest BCUT2D eigenvalue weighted by atomic mass is 16.1. The van der Waals surface area contributed by atoms with Crippen molar-refractivity contribution in [2.24, 2.45) is 11.8 Å². The van der Waals surface area contributed by atoms with Crippen molar-refractivity contribution in [1.29, 1.82) is 0 Å². The number of piperidine rings is 1. The summed E-state index contributed by atoms with van der Waals surface area (Å²) in [7, 11) is 0. The summed E-state index contributed by atoms with van der Waals surface area (Å²) in [4.78, 5) is 20.4. The molecule has 1 saturated heterocycles. The Morgan fingerprint density at radius 3 is 2.42 bits per heavy atom. The molecule has 0 radical (unpaired) electrons. The van der Waals surface area contributed by atoms with Crippen molar-refractivity contribution in [3.05, 3.63) is 60.2 Å². The molecule has 2 aromatic carbocycles. The summed E-state index contributed by atoms with van der Waals surface area (Å²) in [5.41, 5.74) is 3.48. The van der Waals surface area contributed by atoms with E-state index in [0.29, 0.717) is 0 Å². The molecule has 1 atom stereocenters. The Hall–Kier alpha value is -2.82. The fraction of sp³-hybridized carbons (Fsp3) is 0.500. The number of nitrogens with one attached hydrogen (secondary N) is 1. The maximum absolute atomic E-state index is 12.9. The summed E-state index contributed by atoms with van der Waals surface area (Å²) in [5, 5.41) is 3.23. The first-order valence-corrected chi connectivity index (χ1v) is 12.7. The van der Waals surface area contributed by atoms with Gasteiger partial charge in [-0.25, -0.2) is 4.98 Å². The van der Waals surface area contributed by atoms with Gasteiger partial charge in [0.15, 0.2) is 0 Å². The number of hydrogen-bond acceptors (Lipinski definition) is 3. The number of hydrogen-bond donors (Lipinski definition) is 1. The van der Waals surface area contributed by atoms with Crippen LogP contribution in [0.2, 0.25) is 0 Å². The van der Waals surface area contributed by atoms with Crippen molar-refractivity contribution in [1.82, 2.24) is 14.9 Å². The van der Waals surface area contributed by atoms with E-state index >= 15 is 0 Å². The lowest BCUT2D eigenvalue weighted by Gasteiger charge is -2.33. The van der Waals surface area contributed by atoms with Gasteiger partial charge in [-0.3, -0.25) is 4.79 Å². The molecule has 1 saturated carbocycles. The Balaban J connectivity index is 1.26. The molecule has 1 aromatic heterocycles. The molecule has 5 heteroatoms. The molecule has 1 aliphatic heterocycles. The molecule has 2 heterocycles. The molecular formula is C28H36N4O. The van der Waals surface area contributed by atoms with Gasteiger partial charge in [-0.15, -0.1) is 0 Å². The molecule has 0 spiro atoms. The minimum atomic E-state index is 0.0384. The topological polar surface area (TPSA) is 50.2 Å². The molecule has 3 aromatic rings. The smallest absolute Gasteiger partial charge is 0.223 e. The Morgan fingerprint density at radius 1 is 0.970 bits per heavy atom. The number of imidazole rings is 1. The van der Waals surface area contributed by atoms with Crippen LogP contribution in [0.5, 0.6) is 0 Å². The quantitative estimate of drug-likeness (QED) is 0.530. The number of carbonyl (C=O) groups excluding carboxylic acids is 1. The fourth-order valence-corrected chi connectivity index (χ4v) is 5.61. The van der Waals surface area contributed by atoms with E-state index in [4.69, 9.17) is 4.98 Å². The van der Waals surface area contributed by atoms with Gasteiger partial charge in [0.2, 0.25) is 11.9 Å². The predicted octanol–water partition coefficient (Wildman–Crippen LogP) is 5.71. The van der Waals surface area contributed by atoms with E-state index < -0.39 is 0 Å². The van der Waals surface area contributed by atoms with Crippen LogP contribution in [-0.2, 0) is 11.3 Å². The van der Waals surface area contributed by atoms with Crippen LogP contribution in [0.1, 0.15) is 63.5 Å². The van der Waals surface area contributed by atoms with Gasteiger partial charge in [0.1, 0.15) is 0 Å². The number of para-hydroxylation sites is 2. The van der Waals surface area contributed by atoms with Crippen LogP contribution in [0.15, 0.2) is 54.6 Å². The van der Waals surface area contributed by atoms with Gasteiger partial charge in [0, 0.05) is 25.6 Å². The van der Waals surface area contributed by atoms with E-state index in [1.54, 1.807) is 0 Å². The summed E-state index contributed by atoms with van der Waals surface area (Å²) in [6.07, 6.45) is 8.50. The molecule has 0 unspecified atom stereocenters. The first-order valence-electron chi connectivity index (χ1n) is 12.7. The Bertz CT molecular complexity index is 1060. The average molecular weight is 445 g/mol. The second-order valence-electron chi connectivity index (χ2n) is 9.92. The Kier molecular flexibility index (Phi) is 6.65. The lowest BCUT2D eigenvalue weighted by molar-refractivity contribution is -0.126. The molecule has 5 nitrogen and oxygen atoms in total. The second-order valence-corrected chi connectivity index (χ2v) is 9.92. The highest BCUT2D eigenvalue weighted by Gasteiger charge is 2.29. The zero-order chi connectivity index (χ0) is 22.6. The largest absolute Gasteiger partial charge is 0.349 e. The fourth-order valence-electron chi connectivity index (χ4n) is 5.61. The SMILES string of the molecule is C[C@H](NC(=O)C1CCN(c2nc3ccccc3n2CC2CCCCC2)CC1)c1ccccc1. The van der Waals surface area contributed by atoms with Crippen LogP contribution < -0.4 is 10.2 Å². The van der Waals surface area contributed by atoms with E-state index in [0.717, 1.165) is 55.4 Å². The van der Waals surface area contributed by atoms with E-state index in [2.05, 4.69) is 58.1 Å². The van der Waals surface area contributed by atoms with Crippen molar-refractivity contribution in [2.75, 3.05) is 18.0 Å². The molecule has 1 N–H and O–H groups in total.